The highest BCUT2D eigenvalue weighted by Crippen LogP contribution is 2.22. The SMILES string of the molecule is O=C(Nc1ccccn1)c1cc2ccc(O)cc2oc1=Nc1ccc(F)cc1F. The van der Waals surface area contributed by atoms with E-state index in [0.29, 0.717) is 17.3 Å². The Labute approximate surface area is 162 Å². The molecule has 0 spiro atoms. The number of phenolic OH excluding ortho intramolecular Hbond substituents is 1. The highest BCUT2D eigenvalue weighted by atomic mass is 19.1. The predicted octanol–water partition coefficient (Wildman–Crippen LogP) is 4.30. The van der Waals surface area contributed by atoms with E-state index in [-0.39, 0.29) is 28.1 Å². The van der Waals surface area contributed by atoms with Crippen LogP contribution in [0.1, 0.15) is 10.4 Å². The second-order valence-electron chi connectivity index (χ2n) is 6.06. The Balaban J connectivity index is 1.89. The topological polar surface area (TPSA) is 87.7 Å². The zero-order valence-corrected chi connectivity index (χ0v) is 14.8. The van der Waals surface area contributed by atoms with Crippen molar-refractivity contribution in [2.24, 2.45) is 4.99 Å². The Morgan fingerprint density at radius 3 is 2.69 bits per heavy atom. The molecular weight excluding hydrogens is 380 g/mol. The first-order valence-electron chi connectivity index (χ1n) is 8.49. The molecule has 4 rings (SSSR count). The number of hydrogen-bond acceptors (Lipinski definition) is 5. The fourth-order valence-electron chi connectivity index (χ4n) is 2.65. The number of phenols is 1. The Hall–Kier alpha value is -4.07. The maximum atomic E-state index is 14.1. The van der Waals surface area contributed by atoms with E-state index in [4.69, 9.17) is 4.42 Å². The van der Waals surface area contributed by atoms with Gasteiger partial charge in [-0.15, -0.1) is 0 Å². The summed E-state index contributed by atoms with van der Waals surface area (Å²) in [5.74, 6) is -1.99. The van der Waals surface area contributed by atoms with Crippen LogP contribution in [0.4, 0.5) is 20.3 Å². The van der Waals surface area contributed by atoms with Crippen LogP contribution in [-0.4, -0.2) is 16.0 Å². The van der Waals surface area contributed by atoms with Crippen LogP contribution in [0.5, 0.6) is 5.75 Å². The summed E-state index contributed by atoms with van der Waals surface area (Å²) < 4.78 is 32.9. The number of nitrogens with zero attached hydrogens (tertiary/aromatic N) is 2. The molecule has 0 fully saturated rings. The number of aromatic hydroxyl groups is 1. The summed E-state index contributed by atoms with van der Waals surface area (Å²) in [5, 5.41) is 12.8. The number of fused-ring (bicyclic) bond motifs is 1. The van der Waals surface area contributed by atoms with Crippen LogP contribution in [0.2, 0.25) is 0 Å². The van der Waals surface area contributed by atoms with Gasteiger partial charge in [0.15, 0.2) is 5.82 Å². The smallest absolute Gasteiger partial charge is 0.262 e. The molecule has 0 saturated heterocycles. The molecule has 0 aliphatic carbocycles. The summed E-state index contributed by atoms with van der Waals surface area (Å²) in [6.45, 7) is 0. The molecule has 2 aromatic carbocycles. The second-order valence-corrected chi connectivity index (χ2v) is 6.06. The summed E-state index contributed by atoms with van der Waals surface area (Å²) in [5.41, 5.74) is -0.165. The number of aromatic nitrogens is 1. The molecule has 2 heterocycles. The lowest BCUT2D eigenvalue weighted by Crippen LogP contribution is -2.22. The van der Waals surface area contributed by atoms with Crippen LogP contribution >= 0.6 is 0 Å². The molecule has 2 N–H and O–H groups in total. The molecule has 0 atom stereocenters. The lowest BCUT2D eigenvalue weighted by Gasteiger charge is -2.07. The molecule has 0 aliphatic heterocycles. The number of carbonyl (C=O) groups is 1. The average Bonchev–Trinajstić information content (AvgIpc) is 2.70. The quantitative estimate of drug-likeness (QED) is 0.543. The van der Waals surface area contributed by atoms with E-state index in [9.17, 15) is 18.7 Å². The highest BCUT2D eigenvalue weighted by Gasteiger charge is 2.15. The van der Waals surface area contributed by atoms with Gasteiger partial charge in [0.2, 0.25) is 5.55 Å². The molecule has 2 aromatic heterocycles. The number of carbonyl (C=O) groups excluding carboxylic acids is 1. The average molecular weight is 393 g/mol. The van der Waals surface area contributed by atoms with Gasteiger partial charge >= 0.3 is 0 Å². The molecule has 4 aromatic rings. The van der Waals surface area contributed by atoms with Gasteiger partial charge in [0.05, 0.1) is 0 Å². The van der Waals surface area contributed by atoms with Crippen LogP contribution in [0.25, 0.3) is 11.0 Å². The largest absolute Gasteiger partial charge is 0.508 e. The van der Waals surface area contributed by atoms with Crippen molar-refractivity contribution >= 4 is 28.4 Å². The molecule has 0 radical (unpaired) electrons. The monoisotopic (exact) mass is 393 g/mol. The molecule has 0 unspecified atom stereocenters. The van der Waals surface area contributed by atoms with Gasteiger partial charge in [-0.2, -0.15) is 0 Å². The predicted molar refractivity (Wildman–Crippen MR) is 102 cm³/mol. The van der Waals surface area contributed by atoms with Gasteiger partial charge in [0.25, 0.3) is 5.91 Å². The lowest BCUT2D eigenvalue weighted by atomic mass is 10.1. The number of hydrogen-bond donors (Lipinski definition) is 2. The number of halogens is 2. The number of rotatable bonds is 3. The van der Waals surface area contributed by atoms with E-state index < -0.39 is 17.5 Å². The number of pyridine rings is 1. The van der Waals surface area contributed by atoms with Crippen molar-refractivity contribution in [1.82, 2.24) is 4.98 Å². The van der Waals surface area contributed by atoms with Gasteiger partial charge < -0.3 is 14.8 Å². The Morgan fingerprint density at radius 1 is 1.07 bits per heavy atom. The first-order valence-corrected chi connectivity index (χ1v) is 8.49. The van der Waals surface area contributed by atoms with Gasteiger partial charge in [-0.3, -0.25) is 4.79 Å². The number of anilines is 1. The number of nitrogens with one attached hydrogen (secondary N) is 1. The maximum absolute atomic E-state index is 14.1. The van der Waals surface area contributed by atoms with Crippen LogP contribution < -0.4 is 10.9 Å². The van der Waals surface area contributed by atoms with Gasteiger partial charge in [-0.25, -0.2) is 18.8 Å². The first kappa shape index (κ1) is 18.3. The van der Waals surface area contributed by atoms with Gasteiger partial charge in [-0.05, 0) is 42.5 Å². The van der Waals surface area contributed by atoms with Gasteiger partial charge in [0, 0.05) is 23.7 Å². The molecule has 1 amide bonds. The second kappa shape index (κ2) is 7.51. The molecule has 6 nitrogen and oxygen atoms in total. The summed E-state index contributed by atoms with van der Waals surface area (Å²) in [6, 6.07) is 13.7. The third-order valence-corrected chi connectivity index (χ3v) is 4.02. The summed E-state index contributed by atoms with van der Waals surface area (Å²) >= 11 is 0. The van der Waals surface area contributed by atoms with Crippen LogP contribution in [0.3, 0.4) is 0 Å². The van der Waals surface area contributed by atoms with E-state index in [0.717, 1.165) is 12.1 Å². The first-order chi connectivity index (χ1) is 14.0. The third kappa shape index (κ3) is 3.96. The molecule has 144 valence electrons. The van der Waals surface area contributed by atoms with Gasteiger partial charge in [-0.1, -0.05) is 6.07 Å². The van der Waals surface area contributed by atoms with E-state index in [1.165, 1.54) is 24.4 Å². The van der Waals surface area contributed by atoms with E-state index >= 15 is 0 Å². The van der Waals surface area contributed by atoms with Crippen molar-refractivity contribution in [3.05, 3.63) is 89.6 Å². The van der Waals surface area contributed by atoms with E-state index in [1.807, 2.05) is 0 Å². The van der Waals surface area contributed by atoms with Crippen molar-refractivity contribution in [1.29, 1.82) is 0 Å². The number of amides is 1. The fraction of sp³-hybridized carbons (Fsp3) is 0. The third-order valence-electron chi connectivity index (χ3n) is 4.02. The van der Waals surface area contributed by atoms with Crippen molar-refractivity contribution in [2.45, 2.75) is 0 Å². The standard InChI is InChI=1S/C21H13F2N3O3/c22-13-5-7-17(16(23)10-13)25-21-15(20(28)26-19-3-1-2-8-24-19)9-12-4-6-14(27)11-18(12)29-21/h1-11,27H,(H,24,26,28). The molecule has 29 heavy (non-hydrogen) atoms. The zero-order valence-electron chi connectivity index (χ0n) is 14.8. The lowest BCUT2D eigenvalue weighted by molar-refractivity contribution is 0.102. The Kier molecular flexibility index (Phi) is 4.74. The Morgan fingerprint density at radius 2 is 1.93 bits per heavy atom. The van der Waals surface area contributed by atoms with E-state index in [1.54, 1.807) is 24.3 Å². The van der Waals surface area contributed by atoms with Gasteiger partial charge in [0.1, 0.15) is 34.2 Å². The minimum Gasteiger partial charge on any atom is -0.508 e. The molecule has 0 bridgehead atoms. The zero-order chi connectivity index (χ0) is 20.4. The molecule has 8 heteroatoms. The van der Waals surface area contributed by atoms with Crippen molar-refractivity contribution in [3.8, 4) is 5.75 Å². The van der Waals surface area contributed by atoms with Crippen LogP contribution in [0.15, 0.2) is 76.3 Å². The molecule has 0 saturated carbocycles. The van der Waals surface area contributed by atoms with Crippen molar-refractivity contribution < 1.29 is 23.1 Å². The van der Waals surface area contributed by atoms with E-state index in [2.05, 4.69) is 15.3 Å². The highest BCUT2D eigenvalue weighted by molar-refractivity contribution is 6.05. The van der Waals surface area contributed by atoms with Crippen molar-refractivity contribution in [2.75, 3.05) is 5.32 Å². The van der Waals surface area contributed by atoms with Crippen LogP contribution in [-0.2, 0) is 0 Å². The summed E-state index contributed by atoms with van der Waals surface area (Å²) in [7, 11) is 0. The summed E-state index contributed by atoms with van der Waals surface area (Å²) in [6.07, 6.45) is 1.52. The maximum Gasteiger partial charge on any atom is 0.262 e. The normalized spacial score (nSPS) is 11.6. The Bertz CT molecular complexity index is 1290. The molecule has 0 aliphatic rings. The number of benzene rings is 2. The van der Waals surface area contributed by atoms with Crippen molar-refractivity contribution in [3.63, 3.8) is 0 Å². The summed E-state index contributed by atoms with van der Waals surface area (Å²) in [4.78, 5) is 20.9. The fourth-order valence-corrected chi connectivity index (χ4v) is 2.65. The van der Waals surface area contributed by atoms with Crippen LogP contribution in [0, 0.1) is 11.6 Å². The minimum atomic E-state index is -0.910. The minimum absolute atomic E-state index is 0.0116. The molecular formula is C21H13F2N3O3.